The van der Waals surface area contributed by atoms with Crippen molar-refractivity contribution in [3.05, 3.63) is 54.1 Å². The number of carbonyl (C=O) groups is 1. The van der Waals surface area contributed by atoms with Crippen LogP contribution in [0.4, 0.5) is 5.69 Å². The number of para-hydroxylation sites is 2. The molecule has 0 saturated heterocycles. The van der Waals surface area contributed by atoms with Crippen LogP contribution in [0, 0.1) is 11.3 Å². The number of H-pyrrole nitrogens is 1. The lowest BCUT2D eigenvalue weighted by Gasteiger charge is -2.23. The quantitative estimate of drug-likeness (QED) is 0.523. The molecule has 3 rings (SSSR count). The van der Waals surface area contributed by atoms with Crippen molar-refractivity contribution in [1.29, 1.82) is 5.26 Å². The molecule has 0 unspecified atom stereocenters. The molecule has 7 nitrogen and oxygen atoms in total. The molecular weight excluding hydrogens is 398 g/mol. The van der Waals surface area contributed by atoms with Gasteiger partial charge in [0.2, 0.25) is 11.1 Å². The minimum atomic E-state index is -0.140. The molecule has 1 aromatic heterocycles. The number of carbonyl (C=O) groups excluding carboxylic acids is 1. The fourth-order valence-electron chi connectivity index (χ4n) is 2.94. The first-order valence-electron chi connectivity index (χ1n) is 9.61. The summed E-state index contributed by atoms with van der Waals surface area (Å²) < 4.78 is 5.37. The van der Waals surface area contributed by atoms with E-state index in [1.54, 1.807) is 18.1 Å². The van der Waals surface area contributed by atoms with Gasteiger partial charge in [-0.25, -0.2) is 4.98 Å². The highest BCUT2D eigenvalue weighted by molar-refractivity contribution is 7.99. The number of thioether (sulfide) groups is 1. The van der Waals surface area contributed by atoms with Crippen LogP contribution < -0.4 is 9.64 Å². The van der Waals surface area contributed by atoms with Crippen molar-refractivity contribution in [2.45, 2.75) is 24.9 Å². The van der Waals surface area contributed by atoms with E-state index < -0.39 is 0 Å². The molecule has 0 radical (unpaired) electrons. The van der Waals surface area contributed by atoms with Crippen LogP contribution in [-0.4, -0.2) is 40.5 Å². The number of hydrogen-bond acceptors (Lipinski definition) is 6. The van der Waals surface area contributed by atoms with Crippen LogP contribution in [0.15, 0.2) is 53.7 Å². The van der Waals surface area contributed by atoms with Gasteiger partial charge in [-0.3, -0.25) is 9.89 Å². The average Bonchev–Trinajstić information content (AvgIpc) is 3.27. The van der Waals surface area contributed by atoms with Crippen molar-refractivity contribution < 1.29 is 9.53 Å². The predicted molar refractivity (Wildman–Crippen MR) is 117 cm³/mol. The number of anilines is 1. The van der Waals surface area contributed by atoms with Crippen molar-refractivity contribution >= 4 is 23.4 Å². The third-order valence-corrected chi connectivity index (χ3v) is 5.38. The Morgan fingerprint density at radius 1 is 1.23 bits per heavy atom. The Hall–Kier alpha value is -3.31. The summed E-state index contributed by atoms with van der Waals surface area (Å²) in [6, 6.07) is 17.5. The highest BCUT2D eigenvalue weighted by atomic mass is 32.2. The Labute approximate surface area is 180 Å². The Bertz CT molecular complexity index is 1030. The molecule has 154 valence electrons. The maximum absolute atomic E-state index is 12.9. The molecule has 0 saturated carbocycles. The summed E-state index contributed by atoms with van der Waals surface area (Å²) in [4.78, 5) is 19.0. The van der Waals surface area contributed by atoms with Gasteiger partial charge < -0.3 is 9.64 Å². The Kier molecular flexibility index (Phi) is 7.46. The van der Waals surface area contributed by atoms with Crippen molar-refractivity contribution in [2.24, 2.45) is 0 Å². The molecule has 1 amide bonds. The van der Waals surface area contributed by atoms with Gasteiger partial charge in [0.25, 0.3) is 0 Å². The van der Waals surface area contributed by atoms with Crippen LogP contribution in [0.5, 0.6) is 5.75 Å². The van der Waals surface area contributed by atoms with Crippen LogP contribution in [0.3, 0.4) is 0 Å². The summed E-state index contributed by atoms with van der Waals surface area (Å²) in [6.07, 6.45) is 1.21. The fourth-order valence-corrected chi connectivity index (χ4v) is 3.61. The Morgan fingerprint density at radius 3 is 2.70 bits per heavy atom. The molecule has 0 fully saturated rings. The molecule has 0 bridgehead atoms. The van der Waals surface area contributed by atoms with Crippen molar-refractivity contribution in [1.82, 2.24) is 15.2 Å². The standard InChI is InChI=1S/C22H23N5O2S/c1-3-16-9-11-17(12-10-16)21-24-22(26-25-21)30-15-20(28)27(14-6-13-23)18-7-4-5-8-19(18)29-2/h4-5,7-12H,3,6,14-15H2,1-2H3,(H,24,25,26). The number of hydrogen-bond donors (Lipinski definition) is 1. The molecule has 1 N–H and O–H groups in total. The van der Waals surface area contributed by atoms with Gasteiger partial charge in [0.15, 0.2) is 5.82 Å². The van der Waals surface area contributed by atoms with Crippen molar-refractivity contribution in [3.63, 3.8) is 0 Å². The highest BCUT2D eigenvalue weighted by Crippen LogP contribution is 2.29. The number of nitrogens with one attached hydrogen (secondary N) is 1. The summed E-state index contributed by atoms with van der Waals surface area (Å²) in [5.74, 6) is 1.26. The lowest BCUT2D eigenvalue weighted by molar-refractivity contribution is -0.116. The van der Waals surface area contributed by atoms with E-state index in [4.69, 9.17) is 10.00 Å². The predicted octanol–water partition coefficient (Wildman–Crippen LogP) is 4.08. The summed E-state index contributed by atoms with van der Waals surface area (Å²) >= 11 is 1.25. The van der Waals surface area contributed by atoms with E-state index in [1.807, 2.05) is 30.3 Å². The number of aromatic nitrogens is 3. The van der Waals surface area contributed by atoms with E-state index >= 15 is 0 Å². The molecule has 0 aliphatic carbocycles. The number of rotatable bonds is 9. The van der Waals surface area contributed by atoms with Crippen molar-refractivity contribution in [3.8, 4) is 23.2 Å². The van der Waals surface area contributed by atoms with Gasteiger partial charge in [0.05, 0.1) is 31.0 Å². The minimum Gasteiger partial charge on any atom is -0.495 e. The third-order valence-electron chi connectivity index (χ3n) is 4.55. The molecule has 2 aromatic carbocycles. The average molecular weight is 422 g/mol. The zero-order valence-corrected chi connectivity index (χ0v) is 17.8. The van der Waals surface area contributed by atoms with Crippen LogP contribution in [-0.2, 0) is 11.2 Å². The third kappa shape index (κ3) is 5.19. The van der Waals surface area contributed by atoms with Crippen LogP contribution in [0.25, 0.3) is 11.4 Å². The van der Waals surface area contributed by atoms with E-state index in [9.17, 15) is 4.79 Å². The molecule has 0 aliphatic heterocycles. The normalized spacial score (nSPS) is 10.4. The number of aryl methyl sites for hydroxylation is 1. The zero-order chi connectivity index (χ0) is 21.3. The smallest absolute Gasteiger partial charge is 0.237 e. The first-order valence-corrected chi connectivity index (χ1v) is 10.6. The molecule has 0 aliphatic rings. The van der Waals surface area contributed by atoms with Gasteiger partial charge in [-0.15, -0.1) is 5.10 Å². The second-order valence-electron chi connectivity index (χ2n) is 6.43. The lowest BCUT2D eigenvalue weighted by Crippen LogP contribution is -2.33. The summed E-state index contributed by atoms with van der Waals surface area (Å²) in [5, 5.41) is 16.6. The second-order valence-corrected chi connectivity index (χ2v) is 7.37. The van der Waals surface area contributed by atoms with E-state index in [0.717, 1.165) is 12.0 Å². The molecule has 1 heterocycles. The van der Waals surface area contributed by atoms with Gasteiger partial charge in [-0.1, -0.05) is 55.1 Å². The number of nitriles is 1. The van der Waals surface area contributed by atoms with E-state index in [-0.39, 0.29) is 18.1 Å². The lowest BCUT2D eigenvalue weighted by atomic mass is 10.1. The first kappa shape index (κ1) is 21.4. The van der Waals surface area contributed by atoms with Gasteiger partial charge in [-0.2, -0.15) is 5.26 Å². The van der Waals surface area contributed by atoms with E-state index in [1.165, 1.54) is 17.3 Å². The molecule has 0 spiro atoms. The highest BCUT2D eigenvalue weighted by Gasteiger charge is 2.20. The van der Waals surface area contributed by atoms with Crippen LogP contribution in [0.1, 0.15) is 18.9 Å². The monoisotopic (exact) mass is 421 g/mol. The van der Waals surface area contributed by atoms with Gasteiger partial charge >= 0.3 is 0 Å². The van der Waals surface area contributed by atoms with Gasteiger partial charge in [0.1, 0.15) is 5.75 Å². The maximum atomic E-state index is 12.9. The largest absolute Gasteiger partial charge is 0.495 e. The number of nitrogens with zero attached hydrogens (tertiary/aromatic N) is 4. The molecule has 0 atom stereocenters. The summed E-state index contributed by atoms with van der Waals surface area (Å²) in [6.45, 7) is 2.40. The van der Waals surface area contributed by atoms with Crippen molar-refractivity contribution in [2.75, 3.05) is 24.3 Å². The molecule has 3 aromatic rings. The topological polar surface area (TPSA) is 94.9 Å². The zero-order valence-electron chi connectivity index (χ0n) is 17.0. The number of benzene rings is 2. The number of methoxy groups -OCH3 is 1. The number of amides is 1. The Balaban J connectivity index is 1.69. The molecular formula is C22H23N5O2S. The maximum Gasteiger partial charge on any atom is 0.237 e. The van der Waals surface area contributed by atoms with E-state index in [0.29, 0.717) is 29.0 Å². The van der Waals surface area contributed by atoms with Gasteiger partial charge in [0, 0.05) is 12.1 Å². The van der Waals surface area contributed by atoms with E-state index in [2.05, 4.69) is 40.3 Å². The van der Waals surface area contributed by atoms with Gasteiger partial charge in [-0.05, 0) is 24.1 Å². The van der Waals surface area contributed by atoms with Crippen LogP contribution >= 0.6 is 11.8 Å². The molecule has 30 heavy (non-hydrogen) atoms. The first-order chi connectivity index (χ1) is 14.7. The second kappa shape index (κ2) is 10.5. The fraction of sp³-hybridized carbons (Fsp3) is 0.273. The van der Waals surface area contributed by atoms with Crippen LogP contribution in [0.2, 0.25) is 0 Å². The summed E-state index contributed by atoms with van der Waals surface area (Å²) in [7, 11) is 1.56. The minimum absolute atomic E-state index is 0.140. The number of ether oxygens (including phenoxy) is 1. The SMILES string of the molecule is CCc1ccc(-c2nc(SCC(=O)N(CCC#N)c3ccccc3OC)n[nH]2)cc1. The summed E-state index contributed by atoms with van der Waals surface area (Å²) in [5.41, 5.74) is 2.85. The number of aromatic amines is 1. The Morgan fingerprint density at radius 2 is 2.00 bits per heavy atom. The molecule has 8 heteroatoms.